The van der Waals surface area contributed by atoms with Crippen LogP contribution >= 0.6 is 7.60 Å². The Morgan fingerprint density at radius 1 is 1.15 bits per heavy atom. The van der Waals surface area contributed by atoms with Crippen LogP contribution in [0.25, 0.3) is 0 Å². The summed E-state index contributed by atoms with van der Waals surface area (Å²) in [4.78, 5) is 30.1. The van der Waals surface area contributed by atoms with E-state index in [2.05, 4.69) is 32.6 Å². The molecule has 6 nitrogen and oxygen atoms in total. The summed E-state index contributed by atoms with van der Waals surface area (Å²) in [6.07, 6.45) is 8.06. The molecule has 0 aromatic heterocycles. The van der Waals surface area contributed by atoms with Gasteiger partial charge in [-0.2, -0.15) is 0 Å². The summed E-state index contributed by atoms with van der Waals surface area (Å²) in [6.45, 7) is 12.4. The Hall–Kier alpha value is -1.20. The SMILES string of the molecule is C=CC(C)(CC/C=C(\C)CCC=C(C)C)OC(=O)CC(C)(O)P(=O)(O)O. The third-order valence-corrected chi connectivity index (χ3v) is 5.52. The smallest absolute Gasteiger partial charge is 0.357 e. The highest BCUT2D eigenvalue weighted by Gasteiger charge is 2.43. The fraction of sp³-hybridized carbons (Fsp3) is 0.632. The van der Waals surface area contributed by atoms with E-state index in [0.717, 1.165) is 19.8 Å². The van der Waals surface area contributed by atoms with E-state index in [0.29, 0.717) is 12.8 Å². The molecule has 0 radical (unpaired) electrons. The first-order chi connectivity index (χ1) is 11.7. The highest BCUT2D eigenvalue weighted by atomic mass is 31.2. The molecule has 2 unspecified atom stereocenters. The average molecular weight is 388 g/mol. The van der Waals surface area contributed by atoms with Gasteiger partial charge in [-0.05, 0) is 66.4 Å². The third-order valence-electron chi connectivity index (χ3n) is 4.11. The van der Waals surface area contributed by atoms with Gasteiger partial charge in [0.1, 0.15) is 5.60 Å². The topological polar surface area (TPSA) is 104 Å². The number of esters is 1. The molecule has 0 aromatic rings. The van der Waals surface area contributed by atoms with Gasteiger partial charge < -0.3 is 19.6 Å². The van der Waals surface area contributed by atoms with Gasteiger partial charge in [0, 0.05) is 0 Å². The zero-order valence-corrected chi connectivity index (χ0v) is 17.4. The van der Waals surface area contributed by atoms with Crippen LogP contribution in [0, 0.1) is 0 Å². The molecule has 0 saturated heterocycles. The van der Waals surface area contributed by atoms with E-state index in [1.807, 2.05) is 6.92 Å². The molecule has 2 atom stereocenters. The molecule has 0 amide bonds. The fourth-order valence-corrected chi connectivity index (χ4v) is 2.50. The van der Waals surface area contributed by atoms with Crippen LogP contribution in [0.3, 0.4) is 0 Å². The standard InChI is InChI=1S/C19H33O6P/c1-7-18(5,13-9-12-16(4)11-8-10-15(2)3)25-17(20)14-19(6,21)26(22,23)24/h7,10,12,21H,1,8-9,11,13-14H2,2-6H3,(H2,22,23,24)/b16-12+. The van der Waals surface area contributed by atoms with Crippen molar-refractivity contribution in [1.29, 1.82) is 0 Å². The van der Waals surface area contributed by atoms with Crippen LogP contribution in [0.15, 0.2) is 36.0 Å². The van der Waals surface area contributed by atoms with Crippen molar-refractivity contribution in [3.05, 3.63) is 36.0 Å². The summed E-state index contributed by atoms with van der Waals surface area (Å²) in [5.74, 6) is -0.884. The third kappa shape index (κ3) is 9.48. The van der Waals surface area contributed by atoms with Crippen LogP contribution in [0.2, 0.25) is 0 Å². The number of aliphatic hydroxyl groups is 1. The summed E-state index contributed by atoms with van der Waals surface area (Å²) < 4.78 is 16.5. The lowest BCUT2D eigenvalue weighted by atomic mass is 9.98. The Morgan fingerprint density at radius 2 is 1.73 bits per heavy atom. The second-order valence-corrected chi connectivity index (χ2v) is 9.39. The summed E-state index contributed by atoms with van der Waals surface area (Å²) in [7, 11) is -4.83. The summed E-state index contributed by atoms with van der Waals surface area (Å²) in [5, 5.41) is 7.31. The lowest BCUT2D eigenvalue weighted by Gasteiger charge is -2.29. The number of allylic oxidation sites excluding steroid dienone is 4. The number of hydrogen-bond acceptors (Lipinski definition) is 4. The number of hydrogen-bond donors (Lipinski definition) is 3. The molecule has 150 valence electrons. The minimum Gasteiger partial charge on any atom is -0.455 e. The van der Waals surface area contributed by atoms with Gasteiger partial charge in [0.15, 0.2) is 5.34 Å². The van der Waals surface area contributed by atoms with Crippen molar-refractivity contribution >= 4 is 13.6 Å². The minimum absolute atomic E-state index is 0.486. The predicted molar refractivity (Wildman–Crippen MR) is 104 cm³/mol. The maximum atomic E-state index is 12.0. The van der Waals surface area contributed by atoms with Gasteiger partial charge in [-0.25, -0.2) is 0 Å². The van der Waals surface area contributed by atoms with E-state index in [-0.39, 0.29) is 0 Å². The van der Waals surface area contributed by atoms with Crippen LogP contribution in [0.4, 0.5) is 0 Å². The van der Waals surface area contributed by atoms with Crippen molar-refractivity contribution in [3.8, 4) is 0 Å². The maximum Gasteiger partial charge on any atom is 0.357 e. The van der Waals surface area contributed by atoms with Crippen molar-refractivity contribution < 1.29 is 29.0 Å². The van der Waals surface area contributed by atoms with E-state index in [4.69, 9.17) is 14.5 Å². The Balaban J connectivity index is 4.69. The number of rotatable bonds is 11. The van der Waals surface area contributed by atoms with Gasteiger partial charge in [0.2, 0.25) is 0 Å². The van der Waals surface area contributed by atoms with E-state index >= 15 is 0 Å². The first kappa shape index (κ1) is 24.8. The van der Waals surface area contributed by atoms with Gasteiger partial charge in [0.25, 0.3) is 0 Å². The van der Waals surface area contributed by atoms with Gasteiger partial charge in [-0.3, -0.25) is 9.36 Å². The number of carbonyl (C=O) groups excluding carboxylic acids is 1. The van der Waals surface area contributed by atoms with Gasteiger partial charge in [0.05, 0.1) is 6.42 Å². The molecule has 26 heavy (non-hydrogen) atoms. The molecule has 0 fully saturated rings. The lowest BCUT2D eigenvalue weighted by Crippen LogP contribution is -2.34. The van der Waals surface area contributed by atoms with Crippen LogP contribution in [-0.2, 0) is 14.1 Å². The molecule has 0 aliphatic heterocycles. The highest BCUT2D eigenvalue weighted by Crippen LogP contribution is 2.50. The van der Waals surface area contributed by atoms with Gasteiger partial charge in [-0.15, -0.1) is 0 Å². The van der Waals surface area contributed by atoms with Crippen LogP contribution < -0.4 is 0 Å². The average Bonchev–Trinajstić information content (AvgIpc) is 2.44. The molecule has 7 heteroatoms. The zero-order chi connectivity index (χ0) is 20.6. The maximum absolute atomic E-state index is 12.0. The van der Waals surface area contributed by atoms with Crippen molar-refractivity contribution in [2.45, 2.75) is 77.7 Å². The van der Waals surface area contributed by atoms with E-state index < -0.39 is 30.9 Å². The summed E-state index contributed by atoms with van der Waals surface area (Å²) >= 11 is 0. The molecule has 0 bridgehead atoms. The first-order valence-corrected chi connectivity index (χ1v) is 10.3. The van der Waals surface area contributed by atoms with E-state index in [9.17, 15) is 14.5 Å². The highest BCUT2D eigenvalue weighted by molar-refractivity contribution is 7.53. The molecule has 0 spiro atoms. The largest absolute Gasteiger partial charge is 0.455 e. The molecule has 0 heterocycles. The molecule has 0 aliphatic carbocycles. The minimum atomic E-state index is -4.83. The van der Waals surface area contributed by atoms with E-state index in [1.54, 1.807) is 6.92 Å². The monoisotopic (exact) mass is 388 g/mol. The van der Waals surface area contributed by atoms with Gasteiger partial charge in [-0.1, -0.05) is 29.9 Å². The van der Waals surface area contributed by atoms with Crippen molar-refractivity contribution in [2.24, 2.45) is 0 Å². The molecule has 0 rings (SSSR count). The molecular formula is C19H33O6P. The quantitative estimate of drug-likeness (QED) is 0.278. The number of ether oxygens (including phenoxy) is 1. The molecule has 0 aliphatic rings. The van der Waals surface area contributed by atoms with Crippen LogP contribution in [0.5, 0.6) is 0 Å². The fourth-order valence-electron chi connectivity index (χ4n) is 2.16. The van der Waals surface area contributed by atoms with Crippen molar-refractivity contribution in [2.75, 3.05) is 0 Å². The Morgan fingerprint density at radius 3 is 2.19 bits per heavy atom. The lowest BCUT2D eigenvalue weighted by molar-refractivity contribution is -0.157. The Bertz CT molecular complexity index is 595. The normalized spacial score (nSPS) is 17.0. The van der Waals surface area contributed by atoms with E-state index in [1.165, 1.54) is 17.2 Å². The predicted octanol–water partition coefficient (Wildman–Crippen LogP) is 4.22. The summed E-state index contributed by atoms with van der Waals surface area (Å²) in [5.41, 5.74) is 1.55. The summed E-state index contributed by atoms with van der Waals surface area (Å²) in [6, 6.07) is 0. The molecule has 0 saturated carbocycles. The second kappa shape index (κ2) is 10.2. The zero-order valence-electron chi connectivity index (χ0n) is 16.5. The number of carbonyl (C=O) groups is 1. The van der Waals surface area contributed by atoms with Crippen LogP contribution in [-0.4, -0.2) is 31.8 Å². The second-order valence-electron chi connectivity index (χ2n) is 7.34. The molecule has 3 N–H and O–H groups in total. The Kier molecular flexibility index (Phi) is 9.74. The van der Waals surface area contributed by atoms with Gasteiger partial charge >= 0.3 is 13.6 Å². The Labute approximate surface area is 156 Å². The molecular weight excluding hydrogens is 355 g/mol. The van der Waals surface area contributed by atoms with Crippen LogP contribution in [0.1, 0.15) is 66.7 Å². The molecule has 0 aromatic carbocycles. The first-order valence-electron chi connectivity index (χ1n) is 8.65. The van der Waals surface area contributed by atoms with Crippen molar-refractivity contribution in [3.63, 3.8) is 0 Å². The van der Waals surface area contributed by atoms with Crippen molar-refractivity contribution in [1.82, 2.24) is 0 Å².